The minimum Gasteiger partial charge on any atom is -0.870 e. The Bertz CT molecular complexity index is 75.2. The zero-order valence-corrected chi connectivity index (χ0v) is 9.81. The van der Waals surface area contributed by atoms with Gasteiger partial charge in [0.15, 0.2) is 0 Å². The molecule has 0 aromatic heterocycles. The van der Waals surface area contributed by atoms with Crippen LogP contribution in [0.3, 0.4) is 0 Å². The Morgan fingerprint density at radius 3 is 1.35 bits per heavy atom. The fourth-order valence-electron chi connectivity index (χ4n) is 0. The highest BCUT2D eigenvalue weighted by Crippen LogP contribution is 1.46. The second-order valence-corrected chi connectivity index (χ2v) is 0.643. The maximum Gasteiger partial charge on any atom is 0.143 e. The van der Waals surface area contributed by atoms with Gasteiger partial charge in [0.2, 0.25) is 0 Å². The maximum atomic E-state index is 8.49. The van der Waals surface area contributed by atoms with Crippen LogP contribution in [0.15, 0.2) is 0 Å². The third-order valence-electron chi connectivity index (χ3n) is 0.129. The van der Waals surface area contributed by atoms with Gasteiger partial charge in [0.05, 0.1) is 0 Å². The molecule has 0 atom stereocenters. The first-order valence-corrected chi connectivity index (χ1v) is 3.31. The van der Waals surface area contributed by atoms with Crippen molar-refractivity contribution in [3.8, 4) is 0 Å². The molecule has 10 nitrogen and oxygen atoms in total. The Balaban J connectivity index is -0.00000000779. The molecule has 0 fully saturated rings. The highest BCUT2D eigenvalue weighted by Gasteiger charge is 1.51. The number of hydrogen-bond donors (Lipinski definition) is 2. The van der Waals surface area contributed by atoms with Crippen LogP contribution in [0, 0.1) is 11.8 Å². The van der Waals surface area contributed by atoms with E-state index in [1.54, 1.807) is 0 Å². The van der Waals surface area contributed by atoms with Crippen molar-refractivity contribution < 1.29 is 47.8 Å². The number of carbonyl (C=O) groups excluding carboxylic acids is 1. The number of carbonyl (C=O) groups is 1. The molecule has 0 aromatic carbocycles. The monoisotopic (exact) mass is 263 g/mol. The summed E-state index contributed by atoms with van der Waals surface area (Å²) in [6.07, 6.45) is 0. The number of ether oxygens (including phenoxy) is 1. The number of nitrogens with zero attached hydrogens (tertiary/aromatic N) is 1. The normalized spacial score (nSPS) is 4.00. The summed E-state index contributed by atoms with van der Waals surface area (Å²) in [5.41, 5.74) is 0. The summed E-state index contributed by atoms with van der Waals surface area (Å²) >= 11 is 0. The van der Waals surface area contributed by atoms with Gasteiger partial charge in [-0.15, -0.1) is 0 Å². The van der Waals surface area contributed by atoms with Crippen molar-refractivity contribution in [3.63, 3.8) is 0 Å². The van der Waals surface area contributed by atoms with Crippen LogP contribution < -0.4 is 10.2 Å². The van der Waals surface area contributed by atoms with E-state index in [1.807, 2.05) is 13.8 Å². The highest BCUT2D eigenvalue weighted by molar-refractivity contribution is 5.29. The summed E-state index contributed by atoms with van der Waals surface area (Å²) in [5, 5.41) is 37.7. The number of methoxy groups -OCH3 is 1. The van der Waals surface area contributed by atoms with Gasteiger partial charge < -0.3 is 58.2 Å². The molecule has 0 radical (unpaired) electrons. The van der Waals surface area contributed by atoms with Gasteiger partial charge in [0, 0.05) is 15.0 Å². The van der Waals surface area contributed by atoms with Crippen LogP contribution in [0.25, 0.3) is 0 Å². The molecule has 0 rings (SSSR count). The molecule has 0 bridgehead atoms. The fraction of sp³-hybridized carbons (Fsp3) is 0.714. The molecule has 5 N–H and O–H groups in total. The quantitative estimate of drug-likeness (QED) is 0.278. The molecule has 10 heteroatoms. The molecule has 0 heterocycles. The molecule has 0 amide bonds. The Kier molecular flexibility index (Phi) is 1290. The van der Waals surface area contributed by atoms with Crippen LogP contribution in [0.5, 0.6) is 0 Å². The molecule has 0 saturated carbocycles. The first kappa shape index (κ1) is 57.3. The summed E-state index contributed by atoms with van der Waals surface area (Å²) in [5.74, 6) is 0. The SMILES string of the molecule is CC.COCO.O=C[O-].[C-]#N.[HH].[O-]CO.[OH-].[OH-].[OH-]. The van der Waals surface area contributed by atoms with Gasteiger partial charge in [0.25, 0.3) is 0 Å². The lowest BCUT2D eigenvalue weighted by molar-refractivity contribution is -0.421. The number of rotatable bonds is 1. The van der Waals surface area contributed by atoms with E-state index in [0.29, 0.717) is 0 Å². The molecule has 0 aliphatic rings. The smallest absolute Gasteiger partial charge is 0.143 e. The summed E-state index contributed by atoms with van der Waals surface area (Å²) in [6, 6.07) is 0. The van der Waals surface area contributed by atoms with Crippen LogP contribution in [-0.4, -0.2) is 53.8 Å². The highest BCUT2D eigenvalue weighted by atomic mass is 16.6. The summed E-state index contributed by atoms with van der Waals surface area (Å²) in [7, 11) is 1.43. The Morgan fingerprint density at radius 1 is 1.29 bits per heavy atom. The van der Waals surface area contributed by atoms with Gasteiger partial charge in [-0.05, 0) is 6.79 Å². The lowest BCUT2D eigenvalue weighted by Gasteiger charge is -1.80. The van der Waals surface area contributed by atoms with E-state index in [4.69, 9.17) is 37.1 Å². The fourth-order valence-corrected chi connectivity index (χ4v) is 0. The Labute approximate surface area is 102 Å². The van der Waals surface area contributed by atoms with Gasteiger partial charge >= 0.3 is 0 Å². The minimum absolute atomic E-state index is 0. The van der Waals surface area contributed by atoms with E-state index in [1.165, 1.54) is 7.11 Å². The molecule has 0 aliphatic carbocycles. The van der Waals surface area contributed by atoms with Gasteiger partial charge in [-0.1, -0.05) is 13.8 Å². The van der Waals surface area contributed by atoms with Crippen molar-refractivity contribution in [1.82, 2.24) is 0 Å². The first-order chi connectivity index (χ1) is 6.74. The van der Waals surface area contributed by atoms with Crippen molar-refractivity contribution in [2.75, 3.05) is 20.7 Å². The molecule has 0 spiro atoms. The van der Waals surface area contributed by atoms with E-state index >= 15 is 0 Å². The van der Waals surface area contributed by atoms with E-state index in [2.05, 4.69) is 4.74 Å². The molecule has 0 unspecified atom stereocenters. The number of carboxylic acid groups (broad SMARTS) is 1. The predicted octanol–water partition coefficient (Wildman–Crippen LogP) is -2.92. The second-order valence-electron chi connectivity index (χ2n) is 0.643. The van der Waals surface area contributed by atoms with Crippen molar-refractivity contribution >= 4 is 6.47 Å². The summed E-state index contributed by atoms with van der Waals surface area (Å²) in [4.78, 5) is 8.25. The summed E-state index contributed by atoms with van der Waals surface area (Å²) < 4.78 is 4.10. The van der Waals surface area contributed by atoms with Crippen molar-refractivity contribution in [2.24, 2.45) is 0 Å². The minimum atomic E-state index is -1.00. The Morgan fingerprint density at radius 2 is 1.35 bits per heavy atom. The van der Waals surface area contributed by atoms with Gasteiger partial charge in [0.1, 0.15) is 6.79 Å². The standard InChI is InChI=1S/C2H6O2.C2H6.CN.CH3O2.CH2O2.3H2O.H2/c1-4-2-3;2*1-2;2*2-1-3;;;;/h3H,2H2,1H3;1-2H3;;2H,1H2;1H,(H,2,3);3*1H2;1H/q;;2*-1;;;;;/p-4. The zero-order valence-electron chi connectivity index (χ0n) is 9.81. The van der Waals surface area contributed by atoms with Crippen molar-refractivity contribution in [3.05, 3.63) is 6.57 Å². The third kappa shape index (κ3) is 23000. The van der Waals surface area contributed by atoms with Gasteiger partial charge in [-0.25, -0.2) is 0 Å². The molecule has 114 valence electrons. The maximum absolute atomic E-state index is 8.49. The lowest BCUT2D eigenvalue weighted by Crippen LogP contribution is -2.01. The van der Waals surface area contributed by atoms with Gasteiger partial charge in [-0.3, -0.25) is 0 Å². The van der Waals surface area contributed by atoms with Crippen molar-refractivity contribution in [2.45, 2.75) is 13.8 Å². The molecular weight excluding hydrogens is 242 g/mol. The van der Waals surface area contributed by atoms with Crippen LogP contribution in [0.2, 0.25) is 0 Å². The van der Waals surface area contributed by atoms with Gasteiger partial charge in [-0.2, -0.15) is 0 Å². The van der Waals surface area contributed by atoms with E-state index < -0.39 is 13.3 Å². The summed E-state index contributed by atoms with van der Waals surface area (Å²) in [6.45, 7) is 7.07. The van der Waals surface area contributed by atoms with E-state index in [0.717, 1.165) is 0 Å². The van der Waals surface area contributed by atoms with Crippen molar-refractivity contribution in [1.29, 1.82) is 5.26 Å². The lowest BCUT2D eigenvalue weighted by atomic mass is 11.0. The first-order valence-electron chi connectivity index (χ1n) is 3.31. The predicted molar refractivity (Wildman–Crippen MR) is 51.5 cm³/mol. The van der Waals surface area contributed by atoms with Crippen LogP contribution in [0.1, 0.15) is 15.3 Å². The molecular formula is C7H21NO9-6. The molecule has 0 aliphatic heterocycles. The molecule has 0 aromatic rings. The molecule has 17 heavy (non-hydrogen) atoms. The topological polar surface area (TPSA) is 227 Å². The average Bonchev–Trinajstić information content (AvgIpc) is 2.26. The van der Waals surface area contributed by atoms with E-state index in [-0.39, 0.29) is 24.6 Å². The largest absolute Gasteiger partial charge is 0.870 e. The van der Waals surface area contributed by atoms with E-state index in [9.17, 15) is 0 Å². The van der Waals surface area contributed by atoms with Crippen LogP contribution in [-0.2, 0) is 9.53 Å². The Hall–Kier alpha value is -1.32. The average molecular weight is 263 g/mol. The third-order valence-corrected chi connectivity index (χ3v) is 0.129. The molecule has 0 saturated heterocycles. The zero-order chi connectivity index (χ0) is 12.8. The van der Waals surface area contributed by atoms with Crippen LogP contribution >= 0.6 is 0 Å². The number of hydrogen-bond acceptors (Lipinski definition) is 10. The van der Waals surface area contributed by atoms with Crippen LogP contribution in [0.4, 0.5) is 0 Å². The second kappa shape index (κ2) is 382. The number of aliphatic hydroxyl groups excluding tert-OH is 2. The number of aliphatic hydroxyl groups is 2.